The molecular weight excluding hydrogens is 355 g/mol. The third-order valence-electron chi connectivity index (χ3n) is 1.97. The van der Waals surface area contributed by atoms with Crippen molar-refractivity contribution in [1.82, 2.24) is 4.98 Å². The van der Waals surface area contributed by atoms with E-state index >= 15 is 0 Å². The molecule has 0 bridgehead atoms. The molecule has 2 nitrogen and oxygen atoms in total. The maximum Gasteiger partial charge on any atom is 0.432 e. The maximum atomic E-state index is 12.5. The van der Waals surface area contributed by atoms with Gasteiger partial charge in [-0.3, -0.25) is 4.98 Å². The number of hydrogen-bond donors (Lipinski definition) is 1. The summed E-state index contributed by atoms with van der Waals surface area (Å²) in [5.74, 6) is 0. The fourth-order valence-corrected chi connectivity index (χ4v) is 1.88. The van der Waals surface area contributed by atoms with Crippen LogP contribution in [0.15, 0.2) is 16.7 Å². The van der Waals surface area contributed by atoms with Crippen LogP contribution in [0.1, 0.15) is 5.69 Å². The number of aromatic nitrogens is 1. The molecule has 0 saturated heterocycles. The van der Waals surface area contributed by atoms with E-state index in [4.69, 9.17) is 16.7 Å². The Labute approximate surface area is 110 Å². The number of aliphatic hydroxyl groups is 1. The minimum absolute atomic E-state index is 0.0722. The van der Waals surface area contributed by atoms with Crippen molar-refractivity contribution >= 4 is 27.5 Å². The molecule has 0 unspecified atom stereocenters. The Bertz CT molecular complexity index is 446. The van der Waals surface area contributed by atoms with Gasteiger partial charge >= 0.3 is 18.0 Å². The van der Waals surface area contributed by atoms with Gasteiger partial charge in [-0.05, 0) is 22.0 Å². The molecule has 0 spiro atoms. The van der Waals surface area contributed by atoms with Gasteiger partial charge in [0.15, 0.2) is 0 Å². The van der Waals surface area contributed by atoms with Crippen LogP contribution in [0, 0.1) is 0 Å². The minimum atomic E-state index is -6.00. The third kappa shape index (κ3) is 2.43. The van der Waals surface area contributed by atoms with Gasteiger partial charge in [0.25, 0.3) is 0 Å². The van der Waals surface area contributed by atoms with Crippen molar-refractivity contribution in [3.05, 3.63) is 27.5 Å². The molecule has 0 aliphatic heterocycles. The van der Waals surface area contributed by atoms with Gasteiger partial charge in [-0.25, -0.2) is 0 Å². The summed E-state index contributed by atoms with van der Waals surface area (Å²) in [4.78, 5) is 2.91. The number of pyridine rings is 1. The molecule has 0 saturated carbocycles. The number of rotatable bonds is 1. The summed E-state index contributed by atoms with van der Waals surface area (Å²) in [5, 5.41) is 8.06. The second kappa shape index (κ2) is 4.53. The Hall–Kier alpha value is -0.540. The first-order valence-electron chi connectivity index (χ1n) is 4.08. The predicted octanol–water partition coefficient (Wildman–Crippen LogP) is 3.81. The lowest BCUT2D eigenvalue weighted by Crippen LogP contribution is -2.54. The van der Waals surface area contributed by atoms with Crippen LogP contribution >= 0.6 is 27.5 Å². The van der Waals surface area contributed by atoms with E-state index in [0.29, 0.717) is 6.20 Å². The maximum absolute atomic E-state index is 12.5. The fourth-order valence-electron chi connectivity index (χ4n) is 1.11. The van der Waals surface area contributed by atoms with E-state index in [9.17, 15) is 26.3 Å². The first-order valence-corrected chi connectivity index (χ1v) is 5.25. The number of hydrogen-bond acceptors (Lipinski definition) is 2. The zero-order valence-electron chi connectivity index (χ0n) is 8.07. The summed E-state index contributed by atoms with van der Waals surface area (Å²) in [7, 11) is 0. The molecule has 0 aliphatic rings. The van der Waals surface area contributed by atoms with E-state index in [0.717, 1.165) is 6.07 Å². The zero-order chi connectivity index (χ0) is 14.4. The van der Waals surface area contributed by atoms with Crippen LogP contribution in [0.4, 0.5) is 26.3 Å². The molecular formula is C8H3BrClF6NO. The summed E-state index contributed by atoms with van der Waals surface area (Å²) in [6.07, 6.45) is -11.3. The van der Waals surface area contributed by atoms with E-state index in [-0.39, 0.29) is 4.47 Å². The first kappa shape index (κ1) is 15.5. The van der Waals surface area contributed by atoms with Gasteiger partial charge in [-0.1, -0.05) is 11.6 Å². The van der Waals surface area contributed by atoms with Crippen molar-refractivity contribution in [2.45, 2.75) is 18.0 Å². The van der Waals surface area contributed by atoms with Crippen LogP contribution in [-0.2, 0) is 5.60 Å². The van der Waals surface area contributed by atoms with Crippen LogP contribution in [-0.4, -0.2) is 22.4 Å². The lowest BCUT2D eigenvalue weighted by atomic mass is 9.97. The Morgan fingerprint density at radius 2 is 1.56 bits per heavy atom. The fraction of sp³-hybridized carbons (Fsp3) is 0.375. The van der Waals surface area contributed by atoms with Gasteiger partial charge in [-0.2, -0.15) is 26.3 Å². The van der Waals surface area contributed by atoms with Crippen LogP contribution in [0.5, 0.6) is 0 Å². The van der Waals surface area contributed by atoms with Crippen molar-refractivity contribution in [2.24, 2.45) is 0 Å². The Morgan fingerprint density at radius 1 is 1.11 bits per heavy atom. The van der Waals surface area contributed by atoms with Crippen LogP contribution < -0.4 is 0 Å². The van der Waals surface area contributed by atoms with Crippen LogP contribution in [0.3, 0.4) is 0 Å². The van der Waals surface area contributed by atoms with Crippen molar-refractivity contribution in [3.63, 3.8) is 0 Å². The molecule has 0 amide bonds. The van der Waals surface area contributed by atoms with Crippen molar-refractivity contribution < 1.29 is 31.4 Å². The van der Waals surface area contributed by atoms with E-state index in [1.807, 2.05) is 0 Å². The zero-order valence-corrected chi connectivity index (χ0v) is 10.4. The van der Waals surface area contributed by atoms with E-state index in [2.05, 4.69) is 20.9 Å². The normalized spacial score (nSPS) is 13.8. The summed E-state index contributed by atoms with van der Waals surface area (Å²) in [6.45, 7) is 0. The topological polar surface area (TPSA) is 33.1 Å². The third-order valence-corrected chi connectivity index (χ3v) is 2.69. The molecule has 1 N–H and O–H groups in total. The number of nitrogens with zero attached hydrogens (tertiary/aromatic N) is 1. The van der Waals surface area contributed by atoms with Gasteiger partial charge < -0.3 is 5.11 Å². The molecule has 0 radical (unpaired) electrons. The second-order valence-corrected chi connectivity index (χ2v) is 4.51. The van der Waals surface area contributed by atoms with Gasteiger partial charge in [-0.15, -0.1) is 0 Å². The van der Waals surface area contributed by atoms with Crippen LogP contribution in [0.2, 0.25) is 5.02 Å². The molecule has 1 heterocycles. The molecule has 0 aliphatic carbocycles. The predicted molar refractivity (Wildman–Crippen MR) is 53.0 cm³/mol. The SMILES string of the molecule is OC(c1ncc(Br)cc1Cl)(C(F)(F)F)C(F)(F)F. The number of alkyl halides is 6. The standard InChI is InChI=1S/C8H3BrClF6NO/c9-3-1-4(10)5(17-2-3)6(18,7(11,12)13)8(14,15)16/h1-2,18H. The monoisotopic (exact) mass is 357 g/mol. The van der Waals surface area contributed by atoms with Crippen LogP contribution in [0.25, 0.3) is 0 Å². The summed E-state index contributed by atoms with van der Waals surface area (Å²) in [5.41, 5.74) is -6.83. The van der Waals surface area contributed by atoms with Crippen molar-refractivity contribution in [2.75, 3.05) is 0 Å². The molecule has 10 heteroatoms. The lowest BCUT2D eigenvalue weighted by molar-refractivity contribution is -0.377. The highest BCUT2D eigenvalue weighted by Crippen LogP contribution is 2.51. The highest BCUT2D eigenvalue weighted by molar-refractivity contribution is 9.10. The number of halogens is 8. The minimum Gasteiger partial charge on any atom is -0.368 e. The summed E-state index contributed by atoms with van der Waals surface area (Å²) in [6, 6.07) is 0.770. The Morgan fingerprint density at radius 3 is 1.89 bits per heavy atom. The average molecular weight is 358 g/mol. The first-order chi connectivity index (χ1) is 7.91. The van der Waals surface area contributed by atoms with E-state index < -0.39 is 28.7 Å². The van der Waals surface area contributed by atoms with E-state index in [1.165, 1.54) is 0 Å². The Kier molecular flexibility index (Phi) is 3.91. The van der Waals surface area contributed by atoms with Gasteiger partial charge in [0.2, 0.25) is 0 Å². The second-order valence-electron chi connectivity index (χ2n) is 3.19. The lowest BCUT2D eigenvalue weighted by Gasteiger charge is -2.32. The molecule has 18 heavy (non-hydrogen) atoms. The molecule has 1 aromatic rings. The highest BCUT2D eigenvalue weighted by atomic mass is 79.9. The molecule has 0 atom stereocenters. The largest absolute Gasteiger partial charge is 0.432 e. The summed E-state index contributed by atoms with van der Waals surface area (Å²) >= 11 is 8.05. The van der Waals surface area contributed by atoms with Gasteiger partial charge in [0, 0.05) is 10.7 Å². The molecule has 102 valence electrons. The molecule has 1 rings (SSSR count). The quantitative estimate of drug-likeness (QED) is 0.775. The van der Waals surface area contributed by atoms with Gasteiger partial charge in [0.1, 0.15) is 5.69 Å². The van der Waals surface area contributed by atoms with E-state index in [1.54, 1.807) is 0 Å². The Balaban J connectivity index is 3.56. The summed E-state index contributed by atoms with van der Waals surface area (Å²) < 4.78 is 75.0. The highest BCUT2D eigenvalue weighted by Gasteiger charge is 2.73. The van der Waals surface area contributed by atoms with Crippen molar-refractivity contribution in [1.29, 1.82) is 0 Å². The molecule has 1 aromatic heterocycles. The van der Waals surface area contributed by atoms with Crippen molar-refractivity contribution in [3.8, 4) is 0 Å². The van der Waals surface area contributed by atoms with Gasteiger partial charge in [0.05, 0.1) is 5.02 Å². The molecule has 0 aromatic carbocycles. The average Bonchev–Trinajstić information content (AvgIpc) is 2.12. The smallest absolute Gasteiger partial charge is 0.368 e. The molecule has 0 fully saturated rings.